The van der Waals surface area contributed by atoms with Gasteiger partial charge >= 0.3 is 130 Å². The van der Waals surface area contributed by atoms with E-state index in [1.54, 1.807) is 13.3 Å². The van der Waals surface area contributed by atoms with Crippen molar-refractivity contribution in [2.75, 3.05) is 12.5 Å². The number of hydrogen-bond donors (Lipinski definition) is 0. The van der Waals surface area contributed by atoms with Crippen molar-refractivity contribution in [3.8, 4) is 0 Å². The molecule has 0 rings (SSSR count). The van der Waals surface area contributed by atoms with Crippen molar-refractivity contribution in [2.45, 2.75) is 75.2 Å². The van der Waals surface area contributed by atoms with Crippen molar-refractivity contribution in [1.82, 2.24) is 0 Å². The zero-order chi connectivity index (χ0) is 13.9. The molecule has 0 heterocycles. The first-order chi connectivity index (χ1) is 8.70. The summed E-state index contributed by atoms with van der Waals surface area (Å²) in [6, 6.07) is 0. The Morgan fingerprint density at radius 3 is 1.28 bits per heavy atom. The Hall–Kier alpha value is 1.50. The molecule has 0 radical (unpaired) electrons. The Labute approximate surface area is 129 Å². The van der Waals surface area contributed by atoms with Gasteiger partial charge in [-0.2, -0.15) is 0 Å². The Kier molecular flexibility index (Phi) is 13.3. The van der Waals surface area contributed by atoms with Crippen LogP contribution in [0.3, 0.4) is 0 Å². The van der Waals surface area contributed by atoms with Crippen LogP contribution in [0.25, 0.3) is 0 Å². The van der Waals surface area contributed by atoms with Crippen molar-refractivity contribution < 1.29 is 0 Å². The average Bonchev–Trinajstić information content (AvgIpc) is 2.41. The zero-order valence-corrected chi connectivity index (χ0v) is 17.7. The van der Waals surface area contributed by atoms with Crippen LogP contribution >= 0.6 is 23.5 Å². The molecule has 0 saturated carbocycles. The van der Waals surface area contributed by atoms with E-state index in [0.717, 1.165) is 2.60 Å². The van der Waals surface area contributed by atoms with E-state index in [0.29, 0.717) is 0 Å². The summed E-state index contributed by atoms with van der Waals surface area (Å²) < 4.78 is 5.95. The van der Waals surface area contributed by atoms with Gasteiger partial charge in [0.25, 0.3) is 0 Å². The summed E-state index contributed by atoms with van der Waals surface area (Å²) in [7, 11) is 0. The van der Waals surface area contributed by atoms with Gasteiger partial charge < -0.3 is 0 Å². The van der Waals surface area contributed by atoms with Crippen molar-refractivity contribution >= 4 is 41.9 Å². The van der Waals surface area contributed by atoms with E-state index in [-0.39, 0.29) is 0 Å². The minimum absolute atomic E-state index is 1.00. The van der Waals surface area contributed by atoms with Crippen LogP contribution in [-0.2, 0) is 0 Å². The fourth-order valence-electron chi connectivity index (χ4n) is 2.91. The molecule has 3 heteroatoms. The summed E-state index contributed by atoms with van der Waals surface area (Å²) in [6.45, 7) is 7.09. The SMILES string of the molecule is CCC[CH2][Sn]([CH2]CCC)([CH2]CCC)[CH](SC)SC. The monoisotopic (exact) mass is 398 g/mol. The maximum absolute atomic E-state index is 2.36. The van der Waals surface area contributed by atoms with Crippen LogP contribution in [0.15, 0.2) is 0 Å². The molecule has 0 amide bonds. The zero-order valence-electron chi connectivity index (χ0n) is 13.3. The van der Waals surface area contributed by atoms with Crippen molar-refractivity contribution in [3.05, 3.63) is 0 Å². The Balaban J connectivity index is 4.82. The summed E-state index contributed by atoms with van der Waals surface area (Å²) in [6.07, 6.45) is 13.4. The molecule has 0 bridgehead atoms. The summed E-state index contributed by atoms with van der Waals surface area (Å²) >= 11 is 2.46. The van der Waals surface area contributed by atoms with Gasteiger partial charge in [0.05, 0.1) is 0 Å². The van der Waals surface area contributed by atoms with E-state index in [2.05, 4.69) is 56.8 Å². The van der Waals surface area contributed by atoms with Gasteiger partial charge in [0.2, 0.25) is 0 Å². The van der Waals surface area contributed by atoms with Gasteiger partial charge in [-0.25, -0.2) is 0 Å². The standard InChI is InChI=1S/3C4H9.C3H7S2.Sn/c3*1-3-4-2;1-4-3-5-2;/h3*1,3-4H2,2H3;3H,1-2H3;. The third-order valence-electron chi connectivity index (χ3n) is 4.01. The molecule has 0 aliphatic heterocycles. The predicted octanol–water partition coefficient (Wildman–Crippen LogP) is 6.43. The second-order valence-electron chi connectivity index (χ2n) is 5.48. The second-order valence-corrected chi connectivity index (χ2v) is 23.8. The van der Waals surface area contributed by atoms with Gasteiger partial charge in [-0.3, -0.25) is 0 Å². The first-order valence-electron chi connectivity index (χ1n) is 7.76. The Bertz CT molecular complexity index is 160. The number of unbranched alkanes of at least 4 members (excludes halogenated alkanes) is 3. The van der Waals surface area contributed by atoms with Crippen LogP contribution in [0.1, 0.15) is 59.3 Å². The number of thioether (sulfide) groups is 2. The van der Waals surface area contributed by atoms with Crippen LogP contribution < -0.4 is 0 Å². The summed E-state index contributed by atoms with van der Waals surface area (Å²) in [4.78, 5) is 0. The molecule has 0 fully saturated rings. The van der Waals surface area contributed by atoms with Crippen LogP contribution in [0, 0.1) is 0 Å². The predicted molar refractivity (Wildman–Crippen MR) is 95.7 cm³/mol. The first-order valence-corrected chi connectivity index (χ1v) is 18.0. The van der Waals surface area contributed by atoms with E-state index in [1.807, 2.05) is 0 Å². The van der Waals surface area contributed by atoms with E-state index >= 15 is 0 Å². The molecular weight excluding hydrogens is 363 g/mol. The van der Waals surface area contributed by atoms with Gasteiger partial charge in [-0.15, -0.1) is 0 Å². The molecule has 0 unspecified atom stereocenters. The molecule has 18 heavy (non-hydrogen) atoms. The number of hydrogen-bond acceptors (Lipinski definition) is 2. The molecule has 0 aromatic heterocycles. The maximum atomic E-state index is 2.36. The molecule has 0 atom stereocenters. The first kappa shape index (κ1) is 19.5. The topological polar surface area (TPSA) is 0 Å². The molecule has 110 valence electrons. The average molecular weight is 397 g/mol. The fourth-order valence-corrected chi connectivity index (χ4v) is 31.2. The van der Waals surface area contributed by atoms with Crippen molar-refractivity contribution in [3.63, 3.8) is 0 Å². The molecule has 0 spiro atoms. The normalized spacial score (nSPS) is 12.3. The summed E-state index contributed by atoms with van der Waals surface area (Å²) in [5.41, 5.74) is 0. The third kappa shape index (κ3) is 6.78. The Morgan fingerprint density at radius 2 is 1.06 bits per heavy atom. The quantitative estimate of drug-likeness (QED) is 0.275. The molecule has 0 nitrogen and oxygen atoms in total. The molecule has 0 aliphatic rings. The van der Waals surface area contributed by atoms with Gasteiger partial charge in [0, 0.05) is 0 Å². The molecular formula is C15H34S2Sn. The summed E-state index contributed by atoms with van der Waals surface area (Å²) in [5.74, 6) is 0. The fraction of sp³-hybridized carbons (Fsp3) is 1.00. The molecule has 0 aromatic rings. The van der Waals surface area contributed by atoms with E-state index in [9.17, 15) is 0 Å². The van der Waals surface area contributed by atoms with Crippen molar-refractivity contribution in [1.29, 1.82) is 0 Å². The van der Waals surface area contributed by atoms with Crippen molar-refractivity contribution in [2.24, 2.45) is 0 Å². The third-order valence-corrected chi connectivity index (χ3v) is 31.2. The van der Waals surface area contributed by atoms with Gasteiger partial charge in [-0.1, -0.05) is 0 Å². The molecule has 0 saturated heterocycles. The van der Waals surface area contributed by atoms with Crippen LogP contribution in [0.4, 0.5) is 0 Å². The van der Waals surface area contributed by atoms with Crippen LogP contribution in [0.5, 0.6) is 0 Å². The minimum atomic E-state index is -1.91. The van der Waals surface area contributed by atoms with E-state index in [1.165, 1.54) is 38.5 Å². The number of rotatable bonds is 12. The summed E-state index contributed by atoms with van der Waals surface area (Å²) in [5, 5.41) is 0. The molecule has 0 N–H and O–H groups in total. The van der Waals surface area contributed by atoms with E-state index < -0.39 is 18.4 Å². The molecule has 0 aromatic carbocycles. The van der Waals surface area contributed by atoms with Crippen LogP contribution in [-0.4, -0.2) is 33.5 Å². The second kappa shape index (κ2) is 12.3. The van der Waals surface area contributed by atoms with Gasteiger partial charge in [0.15, 0.2) is 0 Å². The molecule has 0 aliphatic carbocycles. The Morgan fingerprint density at radius 1 is 0.722 bits per heavy atom. The van der Waals surface area contributed by atoms with Gasteiger partial charge in [-0.05, 0) is 0 Å². The van der Waals surface area contributed by atoms with E-state index in [4.69, 9.17) is 0 Å². The van der Waals surface area contributed by atoms with Crippen LogP contribution in [0.2, 0.25) is 13.3 Å². The van der Waals surface area contributed by atoms with Gasteiger partial charge in [0.1, 0.15) is 0 Å².